The van der Waals surface area contributed by atoms with E-state index in [4.69, 9.17) is 1.41 Å². The molecule has 0 aromatic rings. The third-order valence-electron chi connectivity index (χ3n) is 0.894. The summed E-state index contributed by atoms with van der Waals surface area (Å²) < 4.78 is 11.0. The molecule has 0 bridgehead atoms. The van der Waals surface area contributed by atoms with Crippen LogP contribution in [0.4, 0.5) is 0 Å². The van der Waals surface area contributed by atoms with Crippen LogP contribution in [0.15, 0.2) is 0 Å². The summed E-state index contributed by atoms with van der Waals surface area (Å²) >= 11 is 0. The molecule has 0 radical (unpaired) electrons. The van der Waals surface area contributed by atoms with Crippen molar-refractivity contribution < 1.29 is 10.9 Å². The van der Waals surface area contributed by atoms with Gasteiger partial charge < -0.3 is 10.5 Å². The fraction of sp³-hybridized carbons (Fsp3) is 0.800. The standard InChI is InChI=1S/C5H11NO2/c1-3-4(6)5(7)8-2/h4H,3,6H2,1-2H3/i/hD. The van der Waals surface area contributed by atoms with Crippen LogP contribution in [0.2, 0.25) is 1.41 Å². The first kappa shape index (κ1) is 5.56. The molecule has 0 aliphatic heterocycles. The highest BCUT2D eigenvalue weighted by Gasteiger charge is 2.08. The number of esters is 1. The van der Waals surface area contributed by atoms with E-state index in [0.717, 1.165) is 0 Å². The second-order valence-electron chi connectivity index (χ2n) is 1.48. The maximum atomic E-state index is 10.6. The van der Waals surface area contributed by atoms with Crippen LogP contribution in [0, 0.1) is 0 Å². The zero-order chi connectivity index (χ0) is 7.28. The van der Waals surface area contributed by atoms with Gasteiger partial charge in [0, 0.05) is 0 Å². The van der Waals surface area contributed by atoms with Crippen molar-refractivity contribution in [3.05, 3.63) is 0 Å². The van der Waals surface area contributed by atoms with E-state index in [0.29, 0.717) is 6.42 Å². The number of ether oxygens (including phenoxy) is 1. The topological polar surface area (TPSA) is 52.3 Å². The van der Waals surface area contributed by atoms with Crippen molar-refractivity contribution in [3.8, 4) is 0 Å². The third kappa shape index (κ3) is 1.93. The van der Waals surface area contributed by atoms with Gasteiger partial charge in [-0.05, 0) is 6.42 Å². The van der Waals surface area contributed by atoms with E-state index in [1.807, 2.05) is 6.92 Å². The molecule has 0 spiro atoms. The predicted octanol–water partition coefficient (Wildman–Crippen LogP) is -0.103. The molecule has 2 N–H and O–H groups in total. The van der Waals surface area contributed by atoms with Crippen LogP contribution in [0.25, 0.3) is 0 Å². The maximum Gasteiger partial charge on any atom is 0.322 e. The quantitative estimate of drug-likeness (QED) is 0.526. The second kappa shape index (κ2) is 3.43. The summed E-state index contributed by atoms with van der Waals surface area (Å²) in [5, 5.41) is 0. The Kier molecular flexibility index (Phi) is 2.39. The Morgan fingerprint density at radius 3 is 2.88 bits per heavy atom. The number of rotatable bonds is 3. The molecule has 1 atom stereocenters. The van der Waals surface area contributed by atoms with E-state index in [2.05, 4.69) is 10.5 Å². The van der Waals surface area contributed by atoms with Gasteiger partial charge in [0.2, 0.25) is 0 Å². The highest BCUT2D eigenvalue weighted by atomic mass is 16.5. The van der Waals surface area contributed by atoms with Gasteiger partial charge in [-0.3, -0.25) is 4.79 Å². The lowest BCUT2D eigenvalue weighted by Crippen LogP contribution is -2.30. The van der Waals surface area contributed by atoms with Gasteiger partial charge in [0.25, 0.3) is 0 Å². The van der Waals surface area contributed by atoms with Gasteiger partial charge >= 0.3 is 5.97 Å². The maximum absolute atomic E-state index is 10.6. The molecule has 0 aliphatic rings. The van der Waals surface area contributed by atoms with E-state index < -0.39 is 6.04 Å². The molecule has 0 fully saturated rings. The van der Waals surface area contributed by atoms with Crippen molar-refractivity contribution in [2.75, 3.05) is 7.11 Å². The minimum absolute atomic E-state index is 0.382. The minimum Gasteiger partial charge on any atom is -0.468 e. The van der Waals surface area contributed by atoms with Crippen molar-refractivity contribution >= 4 is 5.97 Å². The monoisotopic (exact) mass is 118 g/mol. The average molecular weight is 118 g/mol. The Bertz CT molecular complexity index is 93.0. The van der Waals surface area contributed by atoms with Gasteiger partial charge in [0.1, 0.15) is 7.45 Å². The molecular formula is C5H11NO2. The lowest BCUT2D eigenvalue weighted by molar-refractivity contribution is -0.142. The van der Waals surface area contributed by atoms with Crippen molar-refractivity contribution in [3.63, 3.8) is 0 Å². The van der Waals surface area contributed by atoms with Crippen LogP contribution in [0.3, 0.4) is 0 Å². The van der Waals surface area contributed by atoms with Crippen molar-refractivity contribution in [1.29, 1.82) is 0 Å². The molecule has 0 saturated heterocycles. The molecule has 0 aromatic heterocycles. The summed E-state index contributed by atoms with van der Waals surface area (Å²) in [4.78, 5) is 10.6. The third-order valence-corrected chi connectivity index (χ3v) is 0.894. The zero-order valence-electron chi connectivity index (χ0n) is 6.10. The van der Waals surface area contributed by atoms with Crippen LogP contribution >= 0.6 is 0 Å². The Hall–Kier alpha value is -0.570. The van der Waals surface area contributed by atoms with Gasteiger partial charge in [-0.2, -0.15) is 0 Å². The average Bonchev–Trinajstić information content (AvgIpc) is 1.90. The van der Waals surface area contributed by atoms with Crippen LogP contribution in [0.5, 0.6) is 0 Å². The smallest absolute Gasteiger partial charge is 0.322 e. The molecule has 3 heteroatoms. The fourth-order valence-electron chi connectivity index (χ4n) is 0.309. The number of carbonyl (C=O) groups excluding carboxylic acids is 1. The Morgan fingerprint density at radius 2 is 2.75 bits per heavy atom. The van der Waals surface area contributed by atoms with E-state index in [1.165, 1.54) is 7.11 Å². The van der Waals surface area contributed by atoms with Crippen LogP contribution in [-0.2, 0) is 9.53 Å². The first-order valence-electron chi connectivity index (χ1n) is 3.01. The van der Waals surface area contributed by atoms with Gasteiger partial charge in [0.15, 0.2) is 0 Å². The molecule has 0 saturated carbocycles. The summed E-state index contributed by atoms with van der Waals surface area (Å²) in [7, 11) is 1.31. The van der Waals surface area contributed by atoms with Gasteiger partial charge in [-0.15, -0.1) is 0 Å². The Morgan fingerprint density at radius 1 is 2.12 bits per heavy atom. The first-order chi connectivity index (χ1) is 4.26. The van der Waals surface area contributed by atoms with Crippen LogP contribution < -0.4 is 5.73 Å². The number of methoxy groups -OCH3 is 1. The predicted molar refractivity (Wildman–Crippen MR) is 30.3 cm³/mol. The second-order valence-corrected chi connectivity index (χ2v) is 1.48. The van der Waals surface area contributed by atoms with Crippen molar-refractivity contribution in [2.45, 2.75) is 19.4 Å². The highest BCUT2D eigenvalue weighted by Crippen LogP contribution is 1.86. The summed E-state index contributed by atoms with van der Waals surface area (Å²) in [6, 6.07) is -0.477. The molecular weight excluding hydrogens is 106 g/mol. The van der Waals surface area contributed by atoms with E-state index in [-0.39, 0.29) is 5.97 Å². The van der Waals surface area contributed by atoms with Gasteiger partial charge in [-0.25, -0.2) is 0 Å². The molecule has 1 unspecified atom stereocenters. The zero-order valence-corrected chi connectivity index (χ0v) is 5.10. The van der Waals surface area contributed by atoms with Crippen LogP contribution in [0.1, 0.15) is 13.3 Å². The number of hydrogen-bond acceptors (Lipinski definition) is 3. The molecule has 8 heavy (non-hydrogen) atoms. The van der Waals surface area contributed by atoms with Crippen molar-refractivity contribution in [2.24, 2.45) is 5.73 Å². The lowest BCUT2D eigenvalue weighted by Gasteiger charge is -2.03. The van der Waals surface area contributed by atoms with E-state index in [9.17, 15) is 4.79 Å². The largest absolute Gasteiger partial charge is 0.468 e. The van der Waals surface area contributed by atoms with E-state index in [1.54, 1.807) is 0 Å². The Balaban J connectivity index is 3.64. The minimum atomic E-state index is -0.477. The number of nitrogens with two attached hydrogens (primary N) is 1. The lowest BCUT2D eigenvalue weighted by atomic mass is 10.2. The highest BCUT2D eigenvalue weighted by molar-refractivity contribution is 5.75. The molecule has 3 nitrogen and oxygen atoms in total. The molecule has 0 aliphatic carbocycles. The first-order valence-corrected chi connectivity index (χ1v) is 2.51. The number of hydrogen-bond donors (Lipinski definition) is 1. The van der Waals surface area contributed by atoms with Gasteiger partial charge in [-0.1, -0.05) is 6.92 Å². The fourth-order valence-corrected chi connectivity index (χ4v) is 0.309. The van der Waals surface area contributed by atoms with Gasteiger partial charge in [0.05, 0.1) is 7.11 Å². The van der Waals surface area contributed by atoms with Crippen LogP contribution in [-0.4, -0.2) is 19.1 Å². The number of carbonyl (C=O) groups is 1. The molecule has 0 aromatic carbocycles. The summed E-state index contributed by atoms with van der Waals surface area (Å²) in [6.07, 6.45) is 0.580. The molecule has 0 heterocycles. The summed E-state index contributed by atoms with van der Waals surface area (Å²) in [6.45, 7) is 1.81. The molecule has 0 amide bonds. The molecule has 48 valence electrons. The summed E-state index contributed by atoms with van der Waals surface area (Å²) in [5.41, 5.74) is 2.08. The van der Waals surface area contributed by atoms with Crippen molar-refractivity contribution in [1.82, 2.24) is 0 Å². The molecule has 0 rings (SSSR count). The Labute approximate surface area is 50.3 Å². The normalized spacial score (nSPS) is 14.5. The summed E-state index contributed by atoms with van der Waals surface area (Å²) in [5.74, 6) is -0.382. The SMILES string of the molecule is [2H]NC(CC)C(=O)OC. The van der Waals surface area contributed by atoms with E-state index >= 15 is 0 Å².